The van der Waals surface area contributed by atoms with Crippen LogP contribution >= 0.6 is 19.9 Å². The second kappa shape index (κ2) is 6.95. The van der Waals surface area contributed by atoms with Crippen LogP contribution in [0.3, 0.4) is 0 Å². The van der Waals surface area contributed by atoms with Gasteiger partial charge in [-0.25, -0.2) is 0 Å². The van der Waals surface area contributed by atoms with E-state index in [1.54, 1.807) is 0 Å². The highest BCUT2D eigenvalue weighted by Crippen LogP contribution is 2.41. The molecule has 3 atom stereocenters. The minimum atomic E-state index is -2.50. The van der Waals surface area contributed by atoms with Gasteiger partial charge in [0.1, 0.15) is 6.61 Å². The Bertz CT molecular complexity index is 319. The van der Waals surface area contributed by atoms with Crippen LogP contribution in [0.2, 0.25) is 0 Å². The van der Waals surface area contributed by atoms with Gasteiger partial charge in [0.05, 0.1) is 5.38 Å². The van der Waals surface area contributed by atoms with E-state index in [-0.39, 0.29) is 23.2 Å². The van der Waals surface area contributed by atoms with Crippen molar-refractivity contribution in [2.45, 2.75) is 51.3 Å². The lowest BCUT2D eigenvalue weighted by atomic mass is 9.68. The lowest BCUT2D eigenvalue weighted by molar-refractivity contribution is -0.122. The molecule has 1 saturated carbocycles. The molecule has 3 unspecified atom stereocenters. The summed E-state index contributed by atoms with van der Waals surface area (Å²) in [5.74, 6) is 0.499. The van der Waals surface area contributed by atoms with Crippen LogP contribution in [0.1, 0.15) is 46.0 Å². The summed E-state index contributed by atoms with van der Waals surface area (Å²) in [6.45, 7) is 4.56. The van der Waals surface area contributed by atoms with Gasteiger partial charge in [0.2, 0.25) is 0 Å². The maximum Gasteiger partial charge on any atom is 0.694 e. The van der Waals surface area contributed by atoms with Crippen LogP contribution in [0, 0.1) is 11.3 Å². The Morgan fingerprint density at radius 3 is 2.72 bits per heavy atom. The molecule has 0 aliphatic heterocycles. The van der Waals surface area contributed by atoms with Gasteiger partial charge in [0.15, 0.2) is 5.78 Å². The third-order valence-corrected chi connectivity index (χ3v) is 4.70. The summed E-state index contributed by atoms with van der Waals surface area (Å²) in [6.07, 6.45) is 3.89. The zero-order chi connectivity index (χ0) is 13.8. The van der Waals surface area contributed by atoms with Crippen molar-refractivity contribution < 1.29 is 18.8 Å². The molecule has 0 saturated heterocycles. The third-order valence-electron chi connectivity index (χ3n) is 3.84. The van der Waals surface area contributed by atoms with Crippen LogP contribution in [-0.2, 0) is 13.9 Å². The summed E-state index contributed by atoms with van der Waals surface area (Å²) in [5.41, 5.74) is 0.0388. The SMILES string of the molecule is CC(C)(CCCO[P+](=O)O)C1CCC(Cl)C(=O)C1. The first kappa shape index (κ1) is 16.0. The molecule has 0 aromatic rings. The summed E-state index contributed by atoms with van der Waals surface area (Å²) in [4.78, 5) is 20.2. The minimum Gasteiger partial charge on any atom is -0.298 e. The van der Waals surface area contributed by atoms with Crippen LogP contribution in [0.4, 0.5) is 0 Å². The van der Waals surface area contributed by atoms with E-state index in [0.717, 1.165) is 25.7 Å². The first-order valence-corrected chi connectivity index (χ1v) is 7.85. The molecular formula is C12H21ClO4P+. The first-order chi connectivity index (χ1) is 8.33. The van der Waals surface area contributed by atoms with Crippen LogP contribution in [0.15, 0.2) is 0 Å². The smallest absolute Gasteiger partial charge is 0.298 e. The van der Waals surface area contributed by atoms with Crippen molar-refractivity contribution in [1.29, 1.82) is 0 Å². The second-order valence-corrected chi connectivity index (χ2v) is 6.84. The Balaban J connectivity index is 2.38. The topological polar surface area (TPSA) is 63.6 Å². The zero-order valence-electron chi connectivity index (χ0n) is 10.9. The standard InChI is InChI=1S/C12H20ClO4P/c1-12(2,6-3-7-17-18(15)16)9-4-5-10(13)11(14)8-9/h9-10H,3-8H2,1-2H3/p+1. The summed E-state index contributed by atoms with van der Waals surface area (Å²) < 4.78 is 15.0. The lowest BCUT2D eigenvalue weighted by Crippen LogP contribution is -2.34. The summed E-state index contributed by atoms with van der Waals surface area (Å²) in [5, 5.41) is -0.307. The molecule has 104 valence electrons. The maximum atomic E-state index is 11.6. The Labute approximate surface area is 114 Å². The molecule has 1 fully saturated rings. The van der Waals surface area contributed by atoms with Crippen LogP contribution in [0.25, 0.3) is 0 Å². The molecule has 0 heterocycles. The highest BCUT2D eigenvalue weighted by Gasteiger charge is 2.36. The number of hydrogen-bond acceptors (Lipinski definition) is 3. The summed E-state index contributed by atoms with van der Waals surface area (Å²) in [7, 11) is -2.50. The predicted octanol–water partition coefficient (Wildman–Crippen LogP) is 3.44. The number of hydrogen-bond donors (Lipinski definition) is 1. The van der Waals surface area contributed by atoms with E-state index in [9.17, 15) is 9.36 Å². The fourth-order valence-electron chi connectivity index (χ4n) is 2.52. The van der Waals surface area contributed by atoms with Crippen molar-refractivity contribution in [3.05, 3.63) is 0 Å². The Morgan fingerprint density at radius 1 is 1.50 bits per heavy atom. The van der Waals surface area contributed by atoms with E-state index in [0.29, 0.717) is 12.3 Å². The molecule has 0 spiro atoms. The normalized spacial score (nSPS) is 26.2. The van der Waals surface area contributed by atoms with Gasteiger partial charge >= 0.3 is 8.25 Å². The average Bonchev–Trinajstić information content (AvgIpc) is 2.28. The Hall–Kier alpha value is -0.0200. The number of carbonyl (C=O) groups excluding carboxylic acids is 1. The second-order valence-electron chi connectivity index (χ2n) is 5.58. The molecule has 1 rings (SSSR count). The highest BCUT2D eigenvalue weighted by atomic mass is 35.5. The monoisotopic (exact) mass is 295 g/mol. The van der Waals surface area contributed by atoms with E-state index >= 15 is 0 Å². The maximum absolute atomic E-state index is 11.6. The fourth-order valence-corrected chi connectivity index (χ4v) is 3.02. The van der Waals surface area contributed by atoms with Gasteiger partial charge in [0, 0.05) is 11.0 Å². The predicted molar refractivity (Wildman–Crippen MR) is 70.8 cm³/mol. The van der Waals surface area contributed by atoms with Crippen molar-refractivity contribution in [1.82, 2.24) is 0 Å². The molecule has 0 aromatic carbocycles. The van der Waals surface area contributed by atoms with Crippen LogP contribution in [0.5, 0.6) is 0 Å². The van der Waals surface area contributed by atoms with Crippen molar-refractivity contribution in [3.63, 3.8) is 0 Å². The fraction of sp³-hybridized carbons (Fsp3) is 0.917. The van der Waals surface area contributed by atoms with E-state index in [1.165, 1.54) is 0 Å². The first-order valence-electron chi connectivity index (χ1n) is 6.29. The number of alkyl halides is 1. The quantitative estimate of drug-likeness (QED) is 0.463. The molecule has 1 aliphatic rings. The molecule has 0 radical (unpaired) electrons. The number of ketones is 1. The van der Waals surface area contributed by atoms with Gasteiger partial charge in [-0.05, 0) is 37.0 Å². The Kier molecular flexibility index (Phi) is 6.19. The highest BCUT2D eigenvalue weighted by molar-refractivity contribution is 7.32. The molecule has 4 nitrogen and oxygen atoms in total. The van der Waals surface area contributed by atoms with Crippen molar-refractivity contribution in [2.75, 3.05) is 6.61 Å². The van der Waals surface area contributed by atoms with Gasteiger partial charge in [-0.3, -0.25) is 4.79 Å². The lowest BCUT2D eigenvalue weighted by Gasteiger charge is -2.37. The summed E-state index contributed by atoms with van der Waals surface area (Å²) in [6, 6.07) is 0. The molecule has 6 heteroatoms. The van der Waals surface area contributed by atoms with Gasteiger partial charge in [-0.1, -0.05) is 13.8 Å². The number of Topliss-reactive ketones (excluding diaryl/α,β-unsaturated/α-hetero) is 1. The van der Waals surface area contributed by atoms with Crippen molar-refractivity contribution >= 4 is 25.6 Å². The molecule has 0 bridgehead atoms. The number of halogens is 1. The number of carbonyl (C=O) groups is 1. The van der Waals surface area contributed by atoms with Crippen LogP contribution < -0.4 is 0 Å². The van der Waals surface area contributed by atoms with E-state index < -0.39 is 8.25 Å². The zero-order valence-corrected chi connectivity index (χ0v) is 12.5. The molecule has 0 amide bonds. The van der Waals surface area contributed by atoms with Crippen molar-refractivity contribution in [2.24, 2.45) is 11.3 Å². The van der Waals surface area contributed by atoms with Gasteiger partial charge in [0.25, 0.3) is 0 Å². The summed E-state index contributed by atoms with van der Waals surface area (Å²) >= 11 is 5.91. The van der Waals surface area contributed by atoms with Gasteiger partial charge < -0.3 is 0 Å². The Morgan fingerprint density at radius 2 is 2.17 bits per heavy atom. The van der Waals surface area contributed by atoms with Crippen LogP contribution in [-0.4, -0.2) is 22.7 Å². The largest absolute Gasteiger partial charge is 0.694 e. The molecule has 1 N–H and O–H groups in total. The number of rotatable bonds is 6. The third kappa shape index (κ3) is 4.93. The average molecular weight is 296 g/mol. The molecular weight excluding hydrogens is 275 g/mol. The van der Waals surface area contributed by atoms with E-state index in [2.05, 4.69) is 18.4 Å². The van der Waals surface area contributed by atoms with Crippen molar-refractivity contribution in [3.8, 4) is 0 Å². The molecule has 18 heavy (non-hydrogen) atoms. The molecule has 1 aliphatic carbocycles. The van der Waals surface area contributed by atoms with Gasteiger partial charge in [-0.15, -0.1) is 21.0 Å². The minimum absolute atomic E-state index is 0.0388. The van der Waals surface area contributed by atoms with E-state index in [4.69, 9.17) is 16.5 Å². The van der Waals surface area contributed by atoms with E-state index in [1.807, 2.05) is 0 Å². The van der Waals surface area contributed by atoms with Gasteiger partial charge in [-0.2, -0.15) is 0 Å². The molecule has 0 aromatic heterocycles.